The lowest BCUT2D eigenvalue weighted by atomic mass is 10.1. The van der Waals surface area contributed by atoms with Gasteiger partial charge in [0.1, 0.15) is 5.37 Å². The molecule has 0 aromatic heterocycles. The Balaban J connectivity index is 1.91. The van der Waals surface area contributed by atoms with Crippen LogP contribution in [-0.2, 0) is 11.3 Å². The number of amides is 1. The van der Waals surface area contributed by atoms with Crippen LogP contribution < -0.4 is 9.47 Å². The lowest BCUT2D eigenvalue weighted by molar-refractivity contribution is -0.128. The van der Waals surface area contributed by atoms with E-state index in [0.29, 0.717) is 18.1 Å². The van der Waals surface area contributed by atoms with Crippen molar-refractivity contribution in [3.8, 4) is 11.5 Å². The summed E-state index contributed by atoms with van der Waals surface area (Å²) >= 11 is 1.37. The van der Waals surface area contributed by atoms with Crippen molar-refractivity contribution in [1.29, 1.82) is 0 Å². The number of ether oxygens (including phenoxy) is 2. The molecule has 0 bridgehead atoms. The van der Waals surface area contributed by atoms with Crippen LogP contribution in [0.1, 0.15) is 23.4 Å². The third kappa shape index (κ3) is 3.85. The molecule has 1 saturated heterocycles. The van der Waals surface area contributed by atoms with E-state index in [-0.39, 0.29) is 23.8 Å². The topological polar surface area (TPSA) is 38.8 Å². The van der Waals surface area contributed by atoms with Gasteiger partial charge in [-0.05, 0) is 30.7 Å². The maximum absolute atomic E-state index is 14.0. The summed E-state index contributed by atoms with van der Waals surface area (Å²) in [5, 5.41) is -0.393. The van der Waals surface area contributed by atoms with Gasteiger partial charge in [0.15, 0.2) is 29.0 Å². The number of rotatable bonds is 6. The smallest absolute Gasteiger partial charge is 0.234 e. The molecule has 1 amide bonds. The summed E-state index contributed by atoms with van der Waals surface area (Å²) in [7, 11) is 1.53. The molecular weight excluding hydrogens is 379 g/mol. The zero-order chi connectivity index (χ0) is 19.6. The Morgan fingerprint density at radius 3 is 2.63 bits per heavy atom. The van der Waals surface area contributed by atoms with E-state index >= 15 is 0 Å². The molecule has 1 unspecified atom stereocenters. The van der Waals surface area contributed by atoms with E-state index in [1.807, 2.05) is 6.92 Å². The maximum atomic E-state index is 14.0. The van der Waals surface area contributed by atoms with Gasteiger partial charge in [-0.3, -0.25) is 4.79 Å². The van der Waals surface area contributed by atoms with Gasteiger partial charge in [-0.25, -0.2) is 13.2 Å². The van der Waals surface area contributed by atoms with E-state index in [2.05, 4.69) is 0 Å². The second-order valence-corrected chi connectivity index (χ2v) is 6.93. The van der Waals surface area contributed by atoms with Gasteiger partial charge in [0.05, 0.1) is 26.0 Å². The largest absolute Gasteiger partial charge is 0.493 e. The number of methoxy groups -OCH3 is 1. The molecule has 8 heteroatoms. The number of carbonyl (C=O) groups is 1. The number of hydrogen-bond acceptors (Lipinski definition) is 4. The number of hydrogen-bond donors (Lipinski definition) is 0. The van der Waals surface area contributed by atoms with Gasteiger partial charge < -0.3 is 14.4 Å². The number of halogens is 3. The van der Waals surface area contributed by atoms with Crippen LogP contribution in [-0.4, -0.2) is 30.3 Å². The molecule has 4 nitrogen and oxygen atoms in total. The number of thioether (sulfide) groups is 1. The van der Waals surface area contributed by atoms with Crippen LogP contribution >= 0.6 is 11.8 Å². The molecule has 27 heavy (non-hydrogen) atoms. The fourth-order valence-electron chi connectivity index (χ4n) is 2.89. The van der Waals surface area contributed by atoms with E-state index in [0.717, 1.165) is 17.7 Å². The Morgan fingerprint density at radius 2 is 1.93 bits per heavy atom. The lowest BCUT2D eigenvalue weighted by Crippen LogP contribution is -2.28. The Hall–Kier alpha value is -2.35. The minimum Gasteiger partial charge on any atom is -0.493 e. The van der Waals surface area contributed by atoms with Crippen molar-refractivity contribution >= 4 is 17.7 Å². The summed E-state index contributed by atoms with van der Waals surface area (Å²) in [6, 6.07) is 7.32. The van der Waals surface area contributed by atoms with E-state index in [9.17, 15) is 18.0 Å². The molecule has 1 heterocycles. The normalized spacial score (nSPS) is 16.7. The van der Waals surface area contributed by atoms with Crippen molar-refractivity contribution in [3.63, 3.8) is 0 Å². The highest BCUT2D eigenvalue weighted by Gasteiger charge is 2.34. The summed E-state index contributed by atoms with van der Waals surface area (Å²) in [6.07, 6.45) is 0. The maximum Gasteiger partial charge on any atom is 0.234 e. The molecule has 2 aromatic rings. The minimum atomic E-state index is -1.54. The molecule has 1 aliphatic heterocycles. The van der Waals surface area contributed by atoms with Gasteiger partial charge in [-0.2, -0.15) is 0 Å². The van der Waals surface area contributed by atoms with Gasteiger partial charge in [-0.1, -0.05) is 12.1 Å². The lowest BCUT2D eigenvalue weighted by Gasteiger charge is -2.25. The van der Waals surface area contributed by atoms with Crippen molar-refractivity contribution in [1.82, 2.24) is 4.90 Å². The molecule has 2 aromatic carbocycles. The van der Waals surface area contributed by atoms with Crippen LogP contribution in [0.5, 0.6) is 11.5 Å². The zero-order valence-electron chi connectivity index (χ0n) is 14.8. The van der Waals surface area contributed by atoms with Crippen molar-refractivity contribution in [2.24, 2.45) is 0 Å². The fourth-order valence-corrected chi connectivity index (χ4v) is 4.07. The quantitative estimate of drug-likeness (QED) is 0.682. The third-order valence-corrected chi connectivity index (χ3v) is 5.45. The highest BCUT2D eigenvalue weighted by atomic mass is 32.2. The summed E-state index contributed by atoms with van der Waals surface area (Å²) in [6.45, 7) is 2.13. The summed E-state index contributed by atoms with van der Waals surface area (Å²) in [4.78, 5) is 13.8. The summed E-state index contributed by atoms with van der Waals surface area (Å²) in [5.41, 5.74) is 0.700. The molecule has 144 valence electrons. The molecule has 0 aliphatic carbocycles. The number of benzene rings is 2. The van der Waals surface area contributed by atoms with E-state index in [1.54, 1.807) is 18.2 Å². The molecule has 0 saturated carbocycles. The van der Waals surface area contributed by atoms with Crippen molar-refractivity contribution in [2.75, 3.05) is 19.5 Å². The van der Waals surface area contributed by atoms with E-state index in [4.69, 9.17) is 9.47 Å². The molecule has 1 atom stereocenters. The Kier molecular flexibility index (Phi) is 5.84. The Morgan fingerprint density at radius 1 is 1.15 bits per heavy atom. The van der Waals surface area contributed by atoms with Crippen LogP contribution in [0, 0.1) is 17.5 Å². The first kappa shape index (κ1) is 19.4. The molecule has 0 N–H and O–H groups in total. The summed E-state index contributed by atoms with van der Waals surface area (Å²) in [5.74, 6) is -2.96. The highest BCUT2D eigenvalue weighted by Crippen LogP contribution is 2.42. The average Bonchev–Trinajstić information content (AvgIpc) is 3.03. The number of carbonyl (C=O) groups excluding carboxylic acids is 1. The predicted molar refractivity (Wildman–Crippen MR) is 96.2 cm³/mol. The van der Waals surface area contributed by atoms with Crippen LogP contribution in [0.3, 0.4) is 0 Å². The second kappa shape index (κ2) is 8.12. The highest BCUT2D eigenvalue weighted by molar-refractivity contribution is 8.00. The van der Waals surface area contributed by atoms with Gasteiger partial charge in [0.2, 0.25) is 5.91 Å². The Bertz CT molecular complexity index is 862. The summed E-state index contributed by atoms with van der Waals surface area (Å²) < 4.78 is 51.5. The molecule has 3 rings (SSSR count). The van der Waals surface area contributed by atoms with Crippen molar-refractivity contribution < 1.29 is 27.4 Å². The SMILES string of the molecule is CCOc1cc(C2SCC(=O)N2Cc2ccc(F)c(F)c2F)ccc1OC. The molecule has 1 aliphatic rings. The number of nitrogens with zero attached hydrogens (tertiary/aromatic N) is 1. The van der Waals surface area contributed by atoms with Gasteiger partial charge in [0, 0.05) is 5.56 Å². The molecule has 0 spiro atoms. The fraction of sp³-hybridized carbons (Fsp3) is 0.316. The molecular formula is C19H18F3NO3S. The van der Waals surface area contributed by atoms with Gasteiger partial charge in [0.25, 0.3) is 0 Å². The van der Waals surface area contributed by atoms with Crippen molar-refractivity contribution in [2.45, 2.75) is 18.8 Å². The van der Waals surface area contributed by atoms with E-state index in [1.165, 1.54) is 23.8 Å². The van der Waals surface area contributed by atoms with Gasteiger partial charge >= 0.3 is 0 Å². The van der Waals surface area contributed by atoms with E-state index < -0.39 is 22.8 Å². The molecule has 0 radical (unpaired) electrons. The van der Waals surface area contributed by atoms with Crippen LogP contribution in [0.25, 0.3) is 0 Å². The monoisotopic (exact) mass is 397 g/mol. The van der Waals surface area contributed by atoms with Crippen LogP contribution in [0.2, 0.25) is 0 Å². The third-order valence-electron chi connectivity index (χ3n) is 4.20. The first-order valence-corrected chi connectivity index (χ1v) is 9.35. The second-order valence-electron chi connectivity index (χ2n) is 5.86. The predicted octanol–water partition coefficient (Wildman–Crippen LogP) is 4.29. The van der Waals surface area contributed by atoms with Crippen LogP contribution in [0.15, 0.2) is 30.3 Å². The Labute approximate surface area is 159 Å². The average molecular weight is 397 g/mol. The minimum absolute atomic E-state index is 0.0757. The first-order chi connectivity index (χ1) is 13.0. The standard InChI is InChI=1S/C19H18F3NO3S/c1-3-26-15-8-11(5-7-14(15)25-2)19-23(16(24)10-27-19)9-12-4-6-13(20)18(22)17(12)21/h4-8,19H,3,9-10H2,1-2H3. The van der Waals surface area contributed by atoms with Gasteiger partial charge in [-0.15, -0.1) is 11.8 Å². The molecule has 1 fully saturated rings. The first-order valence-electron chi connectivity index (χ1n) is 8.30. The van der Waals surface area contributed by atoms with Crippen molar-refractivity contribution in [3.05, 3.63) is 58.9 Å². The zero-order valence-corrected chi connectivity index (χ0v) is 15.6. The van der Waals surface area contributed by atoms with Crippen LogP contribution in [0.4, 0.5) is 13.2 Å².